The second-order valence-electron chi connectivity index (χ2n) is 7.67. The molecule has 6 rings (SSSR count). The van der Waals surface area contributed by atoms with Crippen molar-refractivity contribution in [2.75, 3.05) is 19.9 Å². The Balaban J connectivity index is 1.69. The predicted octanol–water partition coefficient (Wildman–Crippen LogP) is -0.100. The maximum atomic E-state index is 11.6. The summed E-state index contributed by atoms with van der Waals surface area (Å²) in [4.78, 5) is 2.30. The SMILES string of the molecule is OC1C(O)C2[C@]34CCCN3C[C@@]2(O)c2cc3c(cc2C14)OCO3. The molecule has 2 saturated heterocycles. The highest BCUT2D eigenvalue weighted by Gasteiger charge is 2.77. The third kappa shape index (κ3) is 1.16. The molecule has 1 saturated carbocycles. The van der Waals surface area contributed by atoms with Gasteiger partial charge < -0.3 is 24.8 Å². The number of aliphatic hydroxyl groups is 3. The van der Waals surface area contributed by atoms with Crippen molar-refractivity contribution in [1.82, 2.24) is 4.90 Å². The first-order valence-corrected chi connectivity index (χ1v) is 8.35. The molecule has 1 aromatic rings. The zero-order chi connectivity index (χ0) is 15.6. The minimum absolute atomic E-state index is 0.183. The Hall–Kier alpha value is -1.34. The highest BCUT2D eigenvalue weighted by molar-refractivity contribution is 5.58. The van der Waals surface area contributed by atoms with Crippen molar-refractivity contribution < 1.29 is 24.8 Å². The van der Waals surface area contributed by atoms with Crippen LogP contribution in [0.2, 0.25) is 0 Å². The summed E-state index contributed by atoms with van der Waals surface area (Å²) in [6, 6.07) is 3.77. The first kappa shape index (κ1) is 13.0. The van der Waals surface area contributed by atoms with Gasteiger partial charge in [-0.05, 0) is 42.6 Å². The van der Waals surface area contributed by atoms with Gasteiger partial charge in [0.1, 0.15) is 5.60 Å². The molecule has 1 spiro atoms. The van der Waals surface area contributed by atoms with Gasteiger partial charge in [0.15, 0.2) is 11.5 Å². The number of ether oxygens (including phenoxy) is 2. The molecule has 23 heavy (non-hydrogen) atoms. The van der Waals surface area contributed by atoms with Crippen LogP contribution in [0.15, 0.2) is 12.1 Å². The van der Waals surface area contributed by atoms with Crippen LogP contribution in [0.5, 0.6) is 11.5 Å². The Morgan fingerprint density at radius 2 is 1.91 bits per heavy atom. The van der Waals surface area contributed by atoms with Crippen LogP contribution >= 0.6 is 0 Å². The lowest BCUT2D eigenvalue weighted by atomic mass is 9.64. The minimum Gasteiger partial charge on any atom is -0.454 e. The molecule has 3 heterocycles. The summed E-state index contributed by atoms with van der Waals surface area (Å²) in [5.41, 5.74) is 0.257. The molecule has 122 valence electrons. The number of nitrogens with zero attached hydrogens (tertiary/aromatic N) is 1. The van der Waals surface area contributed by atoms with Crippen molar-refractivity contribution in [3.8, 4) is 11.5 Å². The molecule has 1 aromatic carbocycles. The van der Waals surface area contributed by atoms with Crippen LogP contribution in [-0.4, -0.2) is 57.8 Å². The van der Waals surface area contributed by atoms with E-state index in [4.69, 9.17) is 9.47 Å². The summed E-state index contributed by atoms with van der Waals surface area (Å²) < 4.78 is 11.0. The van der Waals surface area contributed by atoms with E-state index in [9.17, 15) is 15.3 Å². The van der Waals surface area contributed by atoms with Crippen LogP contribution in [-0.2, 0) is 5.60 Å². The van der Waals surface area contributed by atoms with Gasteiger partial charge in [0.2, 0.25) is 6.79 Å². The maximum Gasteiger partial charge on any atom is 0.231 e. The molecule has 6 heteroatoms. The van der Waals surface area contributed by atoms with E-state index in [0.29, 0.717) is 18.0 Å². The molecule has 0 aromatic heterocycles. The van der Waals surface area contributed by atoms with Gasteiger partial charge in [-0.3, -0.25) is 4.90 Å². The Morgan fingerprint density at radius 3 is 2.74 bits per heavy atom. The molecular formula is C17H19NO5. The molecular weight excluding hydrogens is 298 g/mol. The average Bonchev–Trinajstić information content (AvgIpc) is 3.19. The van der Waals surface area contributed by atoms with Gasteiger partial charge in [0.25, 0.3) is 0 Å². The summed E-state index contributed by atoms with van der Waals surface area (Å²) in [7, 11) is 0. The maximum absolute atomic E-state index is 11.6. The summed E-state index contributed by atoms with van der Waals surface area (Å²) in [5.74, 6) is 0.783. The van der Waals surface area contributed by atoms with Gasteiger partial charge in [0, 0.05) is 23.9 Å². The fraction of sp³-hybridized carbons (Fsp3) is 0.647. The molecule has 4 unspecified atom stereocenters. The third-order valence-corrected chi connectivity index (χ3v) is 7.00. The number of benzene rings is 1. The molecule has 3 N–H and O–H groups in total. The quantitative estimate of drug-likeness (QED) is 0.620. The molecule has 3 fully saturated rings. The van der Waals surface area contributed by atoms with E-state index in [1.807, 2.05) is 12.1 Å². The second kappa shape index (κ2) is 3.67. The highest BCUT2D eigenvalue weighted by Crippen LogP contribution is 2.69. The molecule has 6 atom stereocenters. The number of hydrogen-bond acceptors (Lipinski definition) is 6. The average molecular weight is 317 g/mol. The molecule has 6 nitrogen and oxygen atoms in total. The lowest BCUT2D eigenvalue weighted by Gasteiger charge is -2.44. The number of rotatable bonds is 0. The minimum atomic E-state index is -1.13. The normalized spacial score (nSPS) is 48.7. The monoisotopic (exact) mass is 317 g/mol. The van der Waals surface area contributed by atoms with Crippen molar-refractivity contribution in [2.45, 2.75) is 42.1 Å². The topological polar surface area (TPSA) is 82.4 Å². The number of β-amino-alcohol motifs (C(OH)–C–C–N with tert-alkyl or cyclic N) is 1. The first-order chi connectivity index (χ1) is 11.1. The standard InChI is InChI=1S/C17H19NO5/c19-13-12-8-4-10-11(23-7-22-10)5-9(8)17(21)6-18-3-1-2-16(12,18)15(17)14(13)20/h4-5,12-15,19-21H,1-3,6-7H2/t12?,13?,14?,15?,16-,17-/m1/s1. The molecule has 0 amide bonds. The van der Waals surface area contributed by atoms with Gasteiger partial charge in [-0.15, -0.1) is 0 Å². The van der Waals surface area contributed by atoms with Crippen LogP contribution in [0, 0.1) is 5.92 Å². The van der Waals surface area contributed by atoms with E-state index in [1.165, 1.54) is 0 Å². The zero-order valence-electron chi connectivity index (χ0n) is 12.6. The van der Waals surface area contributed by atoms with E-state index >= 15 is 0 Å². The van der Waals surface area contributed by atoms with Crippen molar-refractivity contribution in [3.63, 3.8) is 0 Å². The Kier molecular flexibility index (Phi) is 2.07. The first-order valence-electron chi connectivity index (χ1n) is 8.35. The highest BCUT2D eigenvalue weighted by atomic mass is 16.7. The summed E-state index contributed by atoms with van der Waals surface area (Å²) >= 11 is 0. The zero-order valence-corrected chi connectivity index (χ0v) is 12.6. The number of hydrogen-bond donors (Lipinski definition) is 3. The van der Waals surface area contributed by atoms with Gasteiger partial charge in [-0.2, -0.15) is 0 Å². The van der Waals surface area contributed by atoms with Crippen LogP contribution in [0.25, 0.3) is 0 Å². The van der Waals surface area contributed by atoms with Crippen LogP contribution < -0.4 is 9.47 Å². The Bertz CT molecular complexity index is 738. The van der Waals surface area contributed by atoms with Gasteiger partial charge in [0.05, 0.1) is 12.2 Å². The van der Waals surface area contributed by atoms with Crippen LogP contribution in [0.1, 0.15) is 29.9 Å². The van der Waals surface area contributed by atoms with E-state index in [2.05, 4.69) is 4.90 Å². The smallest absolute Gasteiger partial charge is 0.231 e. The van der Waals surface area contributed by atoms with Crippen molar-refractivity contribution in [3.05, 3.63) is 23.3 Å². The van der Waals surface area contributed by atoms with Crippen molar-refractivity contribution in [2.24, 2.45) is 5.92 Å². The number of fused-ring (bicyclic) bond motifs is 4. The van der Waals surface area contributed by atoms with Crippen LogP contribution in [0.3, 0.4) is 0 Å². The van der Waals surface area contributed by atoms with Gasteiger partial charge >= 0.3 is 0 Å². The van der Waals surface area contributed by atoms with Gasteiger partial charge in [-0.25, -0.2) is 0 Å². The molecule has 3 aliphatic heterocycles. The summed E-state index contributed by atoms with van der Waals surface area (Å²) in [6.07, 6.45) is 0.195. The largest absolute Gasteiger partial charge is 0.454 e. The predicted molar refractivity (Wildman–Crippen MR) is 78.2 cm³/mol. The molecule has 2 aliphatic carbocycles. The van der Waals surface area contributed by atoms with E-state index in [0.717, 1.165) is 30.5 Å². The Labute approximate surface area is 133 Å². The van der Waals surface area contributed by atoms with Crippen LogP contribution in [0.4, 0.5) is 0 Å². The van der Waals surface area contributed by atoms with Crippen molar-refractivity contribution in [1.29, 1.82) is 0 Å². The van der Waals surface area contributed by atoms with E-state index in [1.54, 1.807) is 0 Å². The lowest BCUT2D eigenvalue weighted by molar-refractivity contribution is -0.0707. The number of aliphatic hydroxyl groups excluding tert-OH is 2. The molecule has 4 bridgehead atoms. The summed E-state index contributed by atoms with van der Waals surface area (Å²) in [5, 5.41) is 33.1. The fourth-order valence-electron chi connectivity index (χ4n) is 6.41. The second-order valence-corrected chi connectivity index (χ2v) is 7.67. The van der Waals surface area contributed by atoms with Gasteiger partial charge in [-0.1, -0.05) is 0 Å². The third-order valence-electron chi connectivity index (χ3n) is 7.00. The Morgan fingerprint density at radius 1 is 1.13 bits per heavy atom. The lowest BCUT2D eigenvalue weighted by Crippen LogP contribution is -2.51. The fourth-order valence-corrected chi connectivity index (χ4v) is 6.41. The molecule has 0 radical (unpaired) electrons. The van der Waals surface area contributed by atoms with E-state index in [-0.39, 0.29) is 24.2 Å². The summed E-state index contributed by atoms with van der Waals surface area (Å²) in [6.45, 7) is 1.62. The van der Waals surface area contributed by atoms with Crippen molar-refractivity contribution >= 4 is 0 Å². The molecule has 5 aliphatic rings. The van der Waals surface area contributed by atoms with E-state index < -0.39 is 17.8 Å².